The van der Waals surface area contributed by atoms with Gasteiger partial charge in [-0.1, -0.05) is 90.1 Å². The maximum absolute atomic E-state index is 13.0. The van der Waals surface area contributed by atoms with Gasteiger partial charge in [-0.15, -0.1) is 0 Å². The van der Waals surface area contributed by atoms with Gasteiger partial charge in [-0.25, -0.2) is 4.79 Å². The number of unbranched alkanes of at least 4 members (excludes halogenated alkanes) is 5. The quantitative estimate of drug-likeness (QED) is 0.288. The zero-order chi connectivity index (χ0) is 23.8. The van der Waals surface area contributed by atoms with Gasteiger partial charge in [0.1, 0.15) is 12.1 Å². The van der Waals surface area contributed by atoms with Crippen LogP contribution in [0.3, 0.4) is 0 Å². The number of carbonyl (C=O) groups excluding carboxylic acids is 3. The van der Waals surface area contributed by atoms with Crippen molar-refractivity contribution in [1.82, 2.24) is 10.6 Å². The summed E-state index contributed by atoms with van der Waals surface area (Å²) in [4.78, 5) is 38.0. The molecule has 0 saturated carbocycles. The molecular formula is C26H42N2O4. The van der Waals surface area contributed by atoms with Crippen molar-refractivity contribution in [2.24, 2.45) is 5.92 Å². The smallest absolute Gasteiger partial charge is 0.328 e. The van der Waals surface area contributed by atoms with Crippen molar-refractivity contribution in [1.29, 1.82) is 0 Å². The number of carbonyl (C=O) groups is 3. The van der Waals surface area contributed by atoms with Crippen LogP contribution >= 0.6 is 0 Å². The van der Waals surface area contributed by atoms with E-state index in [2.05, 4.69) is 17.6 Å². The van der Waals surface area contributed by atoms with Crippen LogP contribution in [-0.2, 0) is 25.5 Å². The minimum Gasteiger partial charge on any atom is -0.464 e. The van der Waals surface area contributed by atoms with Crippen molar-refractivity contribution in [3.8, 4) is 0 Å². The van der Waals surface area contributed by atoms with Gasteiger partial charge in [-0.05, 0) is 24.3 Å². The van der Waals surface area contributed by atoms with Gasteiger partial charge in [0.2, 0.25) is 11.8 Å². The molecule has 2 unspecified atom stereocenters. The molecule has 0 fully saturated rings. The number of benzene rings is 1. The molecule has 0 aromatic heterocycles. The molecule has 1 aromatic rings. The first kappa shape index (κ1) is 27.7. The highest BCUT2D eigenvalue weighted by Crippen LogP contribution is 2.10. The average molecular weight is 447 g/mol. The molecule has 6 nitrogen and oxygen atoms in total. The summed E-state index contributed by atoms with van der Waals surface area (Å²) in [5.41, 5.74) is 0.930. The van der Waals surface area contributed by atoms with E-state index >= 15 is 0 Å². The number of amides is 2. The molecule has 0 aliphatic rings. The van der Waals surface area contributed by atoms with Crippen molar-refractivity contribution in [3.63, 3.8) is 0 Å². The second-order valence-corrected chi connectivity index (χ2v) is 8.73. The fourth-order valence-electron chi connectivity index (χ4n) is 3.45. The van der Waals surface area contributed by atoms with Crippen LogP contribution < -0.4 is 10.6 Å². The molecule has 2 amide bonds. The van der Waals surface area contributed by atoms with Gasteiger partial charge >= 0.3 is 5.97 Å². The molecule has 32 heavy (non-hydrogen) atoms. The minimum atomic E-state index is -0.798. The third kappa shape index (κ3) is 11.3. The second kappa shape index (κ2) is 16.3. The number of rotatable bonds is 16. The first-order chi connectivity index (χ1) is 15.4. The molecule has 0 saturated heterocycles. The van der Waals surface area contributed by atoms with Crippen LogP contribution in [-0.4, -0.2) is 36.5 Å². The molecule has 0 aliphatic carbocycles. The summed E-state index contributed by atoms with van der Waals surface area (Å²) in [5.74, 6) is -1.04. The van der Waals surface area contributed by atoms with Crippen LogP contribution in [0.25, 0.3) is 0 Å². The van der Waals surface area contributed by atoms with Crippen LogP contribution in [0.4, 0.5) is 0 Å². The highest BCUT2D eigenvalue weighted by molar-refractivity contribution is 5.91. The van der Waals surface area contributed by atoms with E-state index in [0.29, 0.717) is 25.9 Å². The Kier molecular flexibility index (Phi) is 14.1. The molecule has 1 rings (SSSR count). The zero-order valence-corrected chi connectivity index (χ0v) is 20.3. The Morgan fingerprint density at radius 3 is 2.16 bits per heavy atom. The predicted molar refractivity (Wildman–Crippen MR) is 128 cm³/mol. The highest BCUT2D eigenvalue weighted by Gasteiger charge is 2.29. The van der Waals surface area contributed by atoms with Crippen molar-refractivity contribution in [2.75, 3.05) is 6.61 Å². The number of nitrogens with one attached hydrogen (secondary N) is 2. The first-order valence-corrected chi connectivity index (χ1v) is 12.2. The van der Waals surface area contributed by atoms with Gasteiger partial charge in [-0.2, -0.15) is 0 Å². The van der Waals surface area contributed by atoms with Crippen LogP contribution in [0.5, 0.6) is 0 Å². The topological polar surface area (TPSA) is 84.5 Å². The van der Waals surface area contributed by atoms with E-state index in [1.807, 2.05) is 51.1 Å². The Hall–Kier alpha value is -2.37. The molecule has 1 aromatic carbocycles. The number of ether oxygens (including phenoxy) is 1. The minimum absolute atomic E-state index is 0.104. The van der Waals surface area contributed by atoms with E-state index in [9.17, 15) is 14.4 Å². The van der Waals surface area contributed by atoms with Crippen LogP contribution in [0, 0.1) is 5.92 Å². The Morgan fingerprint density at radius 1 is 0.875 bits per heavy atom. The van der Waals surface area contributed by atoms with E-state index in [1.165, 1.54) is 19.3 Å². The van der Waals surface area contributed by atoms with E-state index in [0.717, 1.165) is 24.8 Å². The second-order valence-electron chi connectivity index (χ2n) is 8.73. The Bertz CT molecular complexity index is 676. The Balaban J connectivity index is 2.69. The summed E-state index contributed by atoms with van der Waals surface area (Å²) in [6.07, 6.45) is 8.06. The van der Waals surface area contributed by atoms with E-state index in [1.54, 1.807) is 0 Å². The van der Waals surface area contributed by atoms with Gasteiger partial charge < -0.3 is 15.4 Å². The molecule has 0 aliphatic heterocycles. The zero-order valence-electron chi connectivity index (χ0n) is 20.3. The van der Waals surface area contributed by atoms with E-state index in [4.69, 9.17) is 4.74 Å². The van der Waals surface area contributed by atoms with Gasteiger partial charge in [0, 0.05) is 12.8 Å². The maximum atomic E-state index is 13.0. The van der Waals surface area contributed by atoms with Crippen molar-refractivity contribution in [3.05, 3.63) is 35.9 Å². The molecule has 2 atom stereocenters. The van der Waals surface area contributed by atoms with Gasteiger partial charge in [0.15, 0.2) is 0 Å². The van der Waals surface area contributed by atoms with Gasteiger partial charge in [0.05, 0.1) is 6.61 Å². The lowest BCUT2D eigenvalue weighted by Crippen LogP contribution is -2.54. The number of hydrogen-bond donors (Lipinski definition) is 2. The molecule has 6 heteroatoms. The largest absolute Gasteiger partial charge is 0.464 e. The average Bonchev–Trinajstić information content (AvgIpc) is 2.78. The number of hydrogen-bond acceptors (Lipinski definition) is 4. The summed E-state index contributed by atoms with van der Waals surface area (Å²) in [7, 11) is 0. The Morgan fingerprint density at radius 2 is 1.53 bits per heavy atom. The lowest BCUT2D eigenvalue weighted by molar-refractivity contribution is -0.148. The SMILES string of the molecule is CCCCCCCCC(=O)NC(C(=O)NC(Cc1ccccc1)C(=O)OCCC)C(C)C. The summed E-state index contributed by atoms with van der Waals surface area (Å²) in [6, 6.07) is 8.02. The van der Waals surface area contributed by atoms with Crippen LogP contribution in [0.15, 0.2) is 30.3 Å². The molecular weight excluding hydrogens is 404 g/mol. The third-order valence-electron chi connectivity index (χ3n) is 5.36. The first-order valence-electron chi connectivity index (χ1n) is 12.2. The fourth-order valence-corrected chi connectivity index (χ4v) is 3.45. The molecule has 0 radical (unpaired) electrons. The highest BCUT2D eigenvalue weighted by atomic mass is 16.5. The van der Waals surface area contributed by atoms with E-state index in [-0.39, 0.29) is 17.7 Å². The molecule has 0 heterocycles. The van der Waals surface area contributed by atoms with Gasteiger partial charge in [-0.3, -0.25) is 9.59 Å². The van der Waals surface area contributed by atoms with Crippen molar-refractivity contribution < 1.29 is 19.1 Å². The predicted octanol–water partition coefficient (Wildman–Crippen LogP) is 4.56. The summed E-state index contributed by atoms with van der Waals surface area (Å²) in [6.45, 7) is 8.18. The lowest BCUT2D eigenvalue weighted by atomic mass is 10.0. The fraction of sp³-hybridized carbons (Fsp3) is 0.654. The van der Waals surface area contributed by atoms with Crippen molar-refractivity contribution >= 4 is 17.8 Å². The molecule has 180 valence electrons. The van der Waals surface area contributed by atoms with Gasteiger partial charge in [0.25, 0.3) is 0 Å². The summed E-state index contributed by atoms with van der Waals surface area (Å²) in [5, 5.41) is 5.69. The lowest BCUT2D eigenvalue weighted by Gasteiger charge is -2.25. The number of esters is 1. The van der Waals surface area contributed by atoms with Crippen LogP contribution in [0.2, 0.25) is 0 Å². The maximum Gasteiger partial charge on any atom is 0.328 e. The molecule has 0 bridgehead atoms. The normalized spacial score (nSPS) is 12.8. The van der Waals surface area contributed by atoms with Crippen molar-refractivity contribution in [2.45, 2.75) is 97.6 Å². The molecule has 2 N–H and O–H groups in total. The standard InChI is InChI=1S/C26H42N2O4/c1-5-7-8-9-10-14-17-23(29)28-24(20(3)4)25(30)27-22(26(31)32-18-6-2)19-21-15-12-11-13-16-21/h11-13,15-16,20,22,24H,5-10,14,17-19H2,1-4H3,(H,27,30)(H,28,29). The monoisotopic (exact) mass is 446 g/mol. The van der Waals surface area contributed by atoms with E-state index < -0.39 is 18.1 Å². The summed E-state index contributed by atoms with van der Waals surface area (Å²) >= 11 is 0. The third-order valence-corrected chi connectivity index (χ3v) is 5.36. The Labute approximate surface area is 193 Å². The molecule has 0 spiro atoms. The summed E-state index contributed by atoms with van der Waals surface area (Å²) < 4.78 is 5.30. The van der Waals surface area contributed by atoms with Crippen LogP contribution in [0.1, 0.15) is 84.6 Å².